The lowest BCUT2D eigenvalue weighted by Gasteiger charge is -2.28. The van der Waals surface area contributed by atoms with Crippen molar-refractivity contribution in [3.8, 4) is 17.2 Å². The number of ether oxygens (including phenoxy) is 1. The predicted octanol–water partition coefficient (Wildman–Crippen LogP) is 3.54. The van der Waals surface area contributed by atoms with E-state index in [0.717, 1.165) is 25.1 Å². The third-order valence-electron chi connectivity index (χ3n) is 4.98. The lowest BCUT2D eigenvalue weighted by atomic mass is 9.80. The molecule has 2 aromatic carbocycles. The minimum absolute atomic E-state index is 0.180. The van der Waals surface area contributed by atoms with E-state index < -0.39 is 0 Å². The summed E-state index contributed by atoms with van der Waals surface area (Å²) in [5.41, 5.74) is 1.95. The quantitative estimate of drug-likeness (QED) is 0.359. The van der Waals surface area contributed by atoms with Crippen LogP contribution in [0.2, 0.25) is 0 Å². The Kier molecular flexibility index (Phi) is 5.73. The fraction of sp³-hybridized carbons (Fsp3) is 0.348. The number of Topliss-reactive ketones (excluding diaryl/α,β-unsaturated/α-hetero) is 1. The molecule has 0 amide bonds. The van der Waals surface area contributed by atoms with Crippen LogP contribution in [0, 0.1) is 0 Å². The first-order chi connectivity index (χ1) is 13.7. The van der Waals surface area contributed by atoms with E-state index in [0.29, 0.717) is 28.3 Å². The number of aromatic hydroxyl groups is 2. The fourth-order valence-corrected chi connectivity index (χ4v) is 3.42. The summed E-state index contributed by atoms with van der Waals surface area (Å²) < 4.78 is 5.19. The first kappa shape index (κ1) is 20.6. The summed E-state index contributed by atoms with van der Waals surface area (Å²) in [5, 5.41) is 26.9. The van der Waals surface area contributed by atoms with Crippen molar-refractivity contribution in [2.24, 2.45) is 0 Å². The summed E-state index contributed by atoms with van der Waals surface area (Å²) in [6.07, 6.45) is 0.945. The van der Waals surface area contributed by atoms with Gasteiger partial charge in [-0.25, -0.2) is 0 Å². The van der Waals surface area contributed by atoms with Gasteiger partial charge in [-0.1, -0.05) is 20.8 Å². The number of allylic oxidation sites excluding steroid dienone is 1. The molecular formula is C23H28N2O4. The van der Waals surface area contributed by atoms with E-state index in [4.69, 9.17) is 4.74 Å². The van der Waals surface area contributed by atoms with Crippen LogP contribution in [-0.4, -0.2) is 36.2 Å². The highest BCUT2D eigenvalue weighted by Gasteiger charge is 2.28. The largest absolute Gasteiger partial charge is 0.504 e. The molecule has 0 aromatic heterocycles. The molecule has 1 aliphatic rings. The van der Waals surface area contributed by atoms with Crippen molar-refractivity contribution in [1.29, 1.82) is 0 Å². The number of hydrogen-bond donors (Lipinski definition) is 4. The highest BCUT2D eigenvalue weighted by molar-refractivity contribution is 6.30. The van der Waals surface area contributed by atoms with E-state index in [1.165, 1.54) is 12.1 Å². The van der Waals surface area contributed by atoms with Gasteiger partial charge < -0.3 is 25.6 Å². The zero-order chi connectivity index (χ0) is 21.2. The Balaban J connectivity index is 2.22. The predicted molar refractivity (Wildman–Crippen MR) is 113 cm³/mol. The van der Waals surface area contributed by atoms with Crippen molar-refractivity contribution >= 4 is 11.4 Å². The van der Waals surface area contributed by atoms with Crippen LogP contribution < -0.4 is 15.4 Å². The summed E-state index contributed by atoms with van der Waals surface area (Å²) in [5.74, 6) is 0.657. The van der Waals surface area contributed by atoms with Gasteiger partial charge in [0.15, 0.2) is 17.3 Å². The smallest absolute Gasteiger partial charge is 0.197 e. The van der Waals surface area contributed by atoms with Crippen LogP contribution in [0.15, 0.2) is 42.2 Å². The molecular weight excluding hydrogens is 368 g/mol. The number of carbonyl (C=O) groups is 1. The molecule has 0 aliphatic carbocycles. The van der Waals surface area contributed by atoms with Gasteiger partial charge >= 0.3 is 0 Å². The molecule has 0 radical (unpaired) electrons. The van der Waals surface area contributed by atoms with E-state index in [-0.39, 0.29) is 22.7 Å². The molecule has 0 saturated carbocycles. The monoisotopic (exact) mass is 396 g/mol. The molecule has 0 spiro atoms. The third kappa shape index (κ3) is 4.31. The Hall–Kier alpha value is -3.15. The topological polar surface area (TPSA) is 90.8 Å². The van der Waals surface area contributed by atoms with Gasteiger partial charge in [-0.05, 0) is 59.4 Å². The highest BCUT2D eigenvalue weighted by Crippen LogP contribution is 2.39. The highest BCUT2D eigenvalue weighted by atomic mass is 16.5. The molecule has 0 bridgehead atoms. The number of hydrogen-bond acceptors (Lipinski definition) is 6. The number of rotatable bonds is 4. The molecule has 6 heteroatoms. The van der Waals surface area contributed by atoms with Gasteiger partial charge in [-0.3, -0.25) is 4.79 Å². The number of phenolic OH excluding ortho intramolecular Hbond substituents is 2. The van der Waals surface area contributed by atoms with Crippen molar-refractivity contribution < 1.29 is 19.7 Å². The van der Waals surface area contributed by atoms with E-state index in [9.17, 15) is 15.0 Å². The van der Waals surface area contributed by atoms with Crippen LogP contribution in [0.25, 0.3) is 5.57 Å². The Bertz CT molecular complexity index is 933. The van der Waals surface area contributed by atoms with Gasteiger partial charge in [0.05, 0.1) is 12.7 Å². The molecule has 4 N–H and O–H groups in total. The maximum atomic E-state index is 13.6. The second-order valence-electron chi connectivity index (χ2n) is 8.15. The van der Waals surface area contributed by atoms with Crippen LogP contribution in [0.5, 0.6) is 17.2 Å². The minimum Gasteiger partial charge on any atom is -0.504 e. The average molecular weight is 396 g/mol. The molecule has 1 saturated heterocycles. The standard InChI is InChI=1S/C23H28N2O4/c1-23(2,3)17-13-19(27)18(26)12-16(17)20(22-24-10-5-11-25-22)21(28)14-6-8-15(29-4)9-7-14/h6-9,12-13,24-27H,5,10-11H2,1-4H3. The molecule has 154 valence electrons. The molecule has 1 heterocycles. The molecule has 1 aliphatic heterocycles. The van der Waals surface area contributed by atoms with Gasteiger partial charge in [-0.2, -0.15) is 0 Å². The number of phenols is 2. The Morgan fingerprint density at radius 1 is 1.00 bits per heavy atom. The van der Waals surface area contributed by atoms with Crippen LogP contribution >= 0.6 is 0 Å². The van der Waals surface area contributed by atoms with Crippen molar-refractivity contribution in [3.63, 3.8) is 0 Å². The van der Waals surface area contributed by atoms with E-state index in [2.05, 4.69) is 10.6 Å². The SMILES string of the molecule is COc1ccc(C(=O)C(=C2NCCCN2)c2cc(O)c(O)cc2C(C)(C)C)cc1. The number of ketones is 1. The summed E-state index contributed by atoms with van der Waals surface area (Å²) in [6, 6.07) is 9.95. The first-order valence-corrected chi connectivity index (χ1v) is 9.70. The van der Waals surface area contributed by atoms with Crippen LogP contribution in [0.4, 0.5) is 0 Å². The van der Waals surface area contributed by atoms with Gasteiger partial charge in [0.1, 0.15) is 11.6 Å². The third-order valence-corrected chi connectivity index (χ3v) is 4.98. The fourth-order valence-electron chi connectivity index (χ4n) is 3.42. The molecule has 1 fully saturated rings. The molecule has 0 unspecified atom stereocenters. The second-order valence-corrected chi connectivity index (χ2v) is 8.15. The Labute approximate surface area is 171 Å². The normalized spacial score (nSPS) is 14.0. The average Bonchev–Trinajstić information content (AvgIpc) is 2.70. The van der Waals surface area contributed by atoms with Crippen LogP contribution in [0.1, 0.15) is 48.7 Å². The van der Waals surface area contributed by atoms with E-state index in [1.54, 1.807) is 31.4 Å². The van der Waals surface area contributed by atoms with Gasteiger partial charge in [0, 0.05) is 18.7 Å². The Morgan fingerprint density at radius 2 is 1.59 bits per heavy atom. The lowest BCUT2D eigenvalue weighted by molar-refractivity contribution is 0.105. The van der Waals surface area contributed by atoms with Crippen molar-refractivity contribution in [2.45, 2.75) is 32.6 Å². The summed E-state index contributed by atoms with van der Waals surface area (Å²) in [6.45, 7) is 7.51. The van der Waals surface area contributed by atoms with Crippen LogP contribution in [0.3, 0.4) is 0 Å². The van der Waals surface area contributed by atoms with Crippen molar-refractivity contribution in [1.82, 2.24) is 10.6 Å². The summed E-state index contributed by atoms with van der Waals surface area (Å²) >= 11 is 0. The lowest BCUT2D eigenvalue weighted by Crippen LogP contribution is -2.37. The molecule has 29 heavy (non-hydrogen) atoms. The number of methoxy groups -OCH3 is 1. The molecule has 0 atom stereocenters. The number of benzene rings is 2. The molecule has 6 nitrogen and oxygen atoms in total. The second kappa shape index (κ2) is 8.07. The van der Waals surface area contributed by atoms with Gasteiger partial charge in [-0.15, -0.1) is 0 Å². The maximum absolute atomic E-state index is 13.6. The summed E-state index contributed by atoms with van der Waals surface area (Å²) in [7, 11) is 1.58. The zero-order valence-electron chi connectivity index (χ0n) is 17.3. The molecule has 2 aromatic rings. The van der Waals surface area contributed by atoms with Crippen LogP contribution in [-0.2, 0) is 5.41 Å². The van der Waals surface area contributed by atoms with E-state index >= 15 is 0 Å². The first-order valence-electron chi connectivity index (χ1n) is 9.70. The minimum atomic E-state index is -0.360. The summed E-state index contributed by atoms with van der Waals surface area (Å²) in [4.78, 5) is 13.6. The van der Waals surface area contributed by atoms with E-state index in [1.807, 2.05) is 20.8 Å². The number of nitrogens with one attached hydrogen (secondary N) is 2. The molecule has 3 rings (SSSR count). The van der Waals surface area contributed by atoms with Gasteiger partial charge in [0.25, 0.3) is 0 Å². The van der Waals surface area contributed by atoms with Crippen molar-refractivity contribution in [2.75, 3.05) is 20.2 Å². The van der Waals surface area contributed by atoms with Gasteiger partial charge in [0.2, 0.25) is 0 Å². The zero-order valence-corrected chi connectivity index (χ0v) is 17.3. The Morgan fingerprint density at radius 3 is 2.14 bits per heavy atom. The number of carbonyl (C=O) groups excluding carboxylic acids is 1. The maximum Gasteiger partial charge on any atom is 0.197 e. The van der Waals surface area contributed by atoms with Crippen molar-refractivity contribution in [3.05, 3.63) is 58.9 Å².